The molecule has 1 aromatic carbocycles. The first-order valence-corrected chi connectivity index (χ1v) is 5.08. The van der Waals surface area contributed by atoms with E-state index in [1.54, 1.807) is 0 Å². The van der Waals surface area contributed by atoms with E-state index in [1.165, 1.54) is 11.6 Å². The van der Waals surface area contributed by atoms with Crippen LogP contribution in [0.15, 0.2) is 21.6 Å². The molecule has 0 radical (unpaired) electrons. The van der Waals surface area contributed by atoms with Gasteiger partial charge in [-0.15, -0.1) is 0 Å². The second-order valence-electron chi connectivity index (χ2n) is 3.07. The lowest BCUT2D eigenvalue weighted by Crippen LogP contribution is -1.87. The smallest absolute Gasteiger partial charge is 0.235 e. The van der Waals surface area contributed by atoms with E-state index in [9.17, 15) is 4.79 Å². The molecule has 4 heteroatoms. The van der Waals surface area contributed by atoms with E-state index in [0.29, 0.717) is 6.54 Å². The number of fused-ring (bicyclic) bond motifs is 1. The van der Waals surface area contributed by atoms with Gasteiger partial charge in [-0.1, -0.05) is 6.07 Å². The Balaban J connectivity index is 2.36. The van der Waals surface area contributed by atoms with Gasteiger partial charge in [-0.2, -0.15) is 0 Å². The average molecular weight is 254 g/mol. The lowest BCUT2D eigenvalue weighted by atomic mass is 10.1. The van der Waals surface area contributed by atoms with Gasteiger partial charge in [0.1, 0.15) is 5.75 Å². The van der Waals surface area contributed by atoms with E-state index in [0.717, 1.165) is 28.8 Å². The van der Waals surface area contributed by atoms with Crippen LogP contribution in [0.1, 0.15) is 11.1 Å². The molecule has 72 valence electrons. The molecule has 1 aliphatic rings. The highest BCUT2D eigenvalue weighted by atomic mass is 79.9. The fraction of sp³-hybridized carbons (Fsp3) is 0.300. The Morgan fingerprint density at radius 3 is 3.21 bits per heavy atom. The maximum absolute atomic E-state index is 9.97. The third kappa shape index (κ3) is 1.72. The maximum Gasteiger partial charge on any atom is 0.235 e. The summed E-state index contributed by atoms with van der Waals surface area (Å²) in [5.74, 6) is 0.920. The standard InChI is InChI=1S/C10H8BrNO2/c11-9-4-7(5-12-6-13)3-8-1-2-14-10(8)9/h3-4H,1-2,5H2. The molecule has 0 aliphatic carbocycles. The highest BCUT2D eigenvalue weighted by Gasteiger charge is 2.16. The van der Waals surface area contributed by atoms with Gasteiger partial charge in [-0.05, 0) is 33.1 Å². The number of isocyanates is 1. The number of hydrogen-bond acceptors (Lipinski definition) is 3. The minimum Gasteiger partial charge on any atom is -0.492 e. The van der Waals surface area contributed by atoms with Crippen molar-refractivity contribution in [3.63, 3.8) is 0 Å². The molecule has 0 bridgehead atoms. The number of aliphatic imine (C=N–C) groups is 1. The normalized spacial score (nSPS) is 12.9. The number of rotatable bonds is 2. The molecule has 0 aromatic heterocycles. The first-order valence-electron chi connectivity index (χ1n) is 4.29. The number of hydrogen-bond donors (Lipinski definition) is 0. The molecule has 1 aliphatic heterocycles. The predicted molar refractivity (Wildman–Crippen MR) is 55.2 cm³/mol. The van der Waals surface area contributed by atoms with Crippen molar-refractivity contribution in [2.45, 2.75) is 13.0 Å². The Labute approximate surface area is 89.9 Å². The third-order valence-electron chi connectivity index (χ3n) is 2.12. The van der Waals surface area contributed by atoms with Crippen LogP contribution in [0.2, 0.25) is 0 Å². The van der Waals surface area contributed by atoms with Crippen molar-refractivity contribution in [3.05, 3.63) is 27.7 Å². The summed E-state index contributed by atoms with van der Waals surface area (Å²) in [6, 6.07) is 3.94. The summed E-state index contributed by atoms with van der Waals surface area (Å²) < 4.78 is 6.37. The zero-order chi connectivity index (χ0) is 9.97. The number of halogens is 1. The molecular formula is C10H8BrNO2. The molecule has 0 N–H and O–H groups in total. The van der Waals surface area contributed by atoms with Gasteiger partial charge in [0.2, 0.25) is 6.08 Å². The van der Waals surface area contributed by atoms with E-state index in [2.05, 4.69) is 20.9 Å². The second kappa shape index (κ2) is 3.95. The van der Waals surface area contributed by atoms with Crippen LogP contribution in [0.25, 0.3) is 0 Å². The van der Waals surface area contributed by atoms with Crippen molar-refractivity contribution in [3.8, 4) is 5.75 Å². The number of ether oxygens (including phenoxy) is 1. The van der Waals surface area contributed by atoms with Crippen molar-refractivity contribution < 1.29 is 9.53 Å². The molecular weight excluding hydrogens is 246 g/mol. The first kappa shape index (κ1) is 9.44. The van der Waals surface area contributed by atoms with E-state index >= 15 is 0 Å². The lowest BCUT2D eigenvalue weighted by molar-refractivity contribution is 0.355. The van der Waals surface area contributed by atoms with Crippen LogP contribution in [-0.2, 0) is 17.8 Å². The topological polar surface area (TPSA) is 38.7 Å². The van der Waals surface area contributed by atoms with Crippen LogP contribution >= 0.6 is 15.9 Å². The summed E-state index contributed by atoms with van der Waals surface area (Å²) in [6.07, 6.45) is 2.45. The van der Waals surface area contributed by atoms with Crippen LogP contribution in [-0.4, -0.2) is 12.7 Å². The van der Waals surface area contributed by atoms with Gasteiger partial charge >= 0.3 is 0 Å². The molecule has 2 rings (SSSR count). The fourth-order valence-electron chi connectivity index (χ4n) is 1.54. The van der Waals surface area contributed by atoms with Crippen molar-refractivity contribution in [1.29, 1.82) is 0 Å². The quantitative estimate of drug-likeness (QED) is 0.599. The van der Waals surface area contributed by atoms with E-state index in [1.807, 2.05) is 12.1 Å². The number of benzene rings is 1. The zero-order valence-electron chi connectivity index (χ0n) is 7.42. The molecule has 0 saturated heterocycles. The second-order valence-corrected chi connectivity index (χ2v) is 3.93. The Kier molecular flexibility index (Phi) is 2.66. The van der Waals surface area contributed by atoms with Gasteiger partial charge in [0, 0.05) is 6.42 Å². The predicted octanol–water partition coefficient (Wildman–Crippen LogP) is 2.22. The summed E-state index contributed by atoms with van der Waals surface area (Å²) in [4.78, 5) is 13.5. The largest absolute Gasteiger partial charge is 0.492 e. The van der Waals surface area contributed by atoms with Gasteiger partial charge in [-0.3, -0.25) is 0 Å². The highest BCUT2D eigenvalue weighted by molar-refractivity contribution is 9.10. The number of nitrogens with zero attached hydrogens (tertiary/aromatic N) is 1. The van der Waals surface area contributed by atoms with Crippen molar-refractivity contribution in [2.24, 2.45) is 4.99 Å². The highest BCUT2D eigenvalue weighted by Crippen LogP contribution is 2.34. The van der Waals surface area contributed by atoms with Crippen LogP contribution in [0.5, 0.6) is 5.75 Å². The van der Waals surface area contributed by atoms with Crippen LogP contribution in [0.3, 0.4) is 0 Å². The molecule has 0 atom stereocenters. The third-order valence-corrected chi connectivity index (χ3v) is 2.71. The van der Waals surface area contributed by atoms with Gasteiger partial charge in [0.15, 0.2) is 0 Å². The molecule has 0 fully saturated rings. The van der Waals surface area contributed by atoms with Crippen molar-refractivity contribution in [1.82, 2.24) is 0 Å². The number of carbonyl (C=O) groups excluding carboxylic acids is 1. The SMILES string of the molecule is O=C=NCc1cc(Br)c2c(c1)CCO2. The maximum atomic E-state index is 9.97. The Morgan fingerprint density at radius 1 is 1.57 bits per heavy atom. The summed E-state index contributed by atoms with van der Waals surface area (Å²) >= 11 is 3.42. The van der Waals surface area contributed by atoms with Crippen LogP contribution in [0, 0.1) is 0 Å². The summed E-state index contributed by atoms with van der Waals surface area (Å²) in [7, 11) is 0. The Morgan fingerprint density at radius 2 is 2.43 bits per heavy atom. The minimum absolute atomic E-state index is 0.384. The van der Waals surface area contributed by atoms with E-state index in [4.69, 9.17) is 4.74 Å². The molecule has 3 nitrogen and oxygen atoms in total. The fourth-order valence-corrected chi connectivity index (χ4v) is 2.20. The van der Waals surface area contributed by atoms with Crippen LogP contribution in [0.4, 0.5) is 0 Å². The minimum atomic E-state index is 0.384. The molecule has 14 heavy (non-hydrogen) atoms. The van der Waals surface area contributed by atoms with Crippen molar-refractivity contribution in [2.75, 3.05) is 6.61 Å². The Bertz CT molecular complexity index is 411. The van der Waals surface area contributed by atoms with E-state index in [-0.39, 0.29) is 0 Å². The van der Waals surface area contributed by atoms with Gasteiger partial charge in [0.25, 0.3) is 0 Å². The summed E-state index contributed by atoms with van der Waals surface area (Å²) in [5, 5.41) is 0. The Hall–Kier alpha value is -1.12. The van der Waals surface area contributed by atoms with Crippen molar-refractivity contribution >= 4 is 22.0 Å². The van der Waals surface area contributed by atoms with Gasteiger partial charge < -0.3 is 4.74 Å². The lowest BCUT2D eigenvalue weighted by Gasteiger charge is -2.04. The molecule has 1 aromatic rings. The monoisotopic (exact) mass is 253 g/mol. The first-order chi connectivity index (χ1) is 6.81. The van der Waals surface area contributed by atoms with Gasteiger partial charge in [-0.25, -0.2) is 9.79 Å². The zero-order valence-corrected chi connectivity index (χ0v) is 9.00. The van der Waals surface area contributed by atoms with Gasteiger partial charge in [0.05, 0.1) is 17.6 Å². The summed E-state index contributed by atoms with van der Waals surface area (Å²) in [5.41, 5.74) is 2.18. The van der Waals surface area contributed by atoms with E-state index < -0.39 is 0 Å². The molecule has 0 saturated carbocycles. The summed E-state index contributed by atoms with van der Waals surface area (Å²) in [6.45, 7) is 1.11. The molecule has 0 unspecified atom stereocenters. The molecule has 0 spiro atoms. The van der Waals surface area contributed by atoms with Crippen LogP contribution < -0.4 is 4.74 Å². The average Bonchev–Trinajstić information content (AvgIpc) is 2.63. The molecule has 1 heterocycles. The molecule has 0 amide bonds.